The van der Waals surface area contributed by atoms with E-state index in [4.69, 9.17) is 9.47 Å². The summed E-state index contributed by atoms with van der Waals surface area (Å²) in [5.41, 5.74) is 3.19. The van der Waals surface area contributed by atoms with Gasteiger partial charge < -0.3 is 14.4 Å². The summed E-state index contributed by atoms with van der Waals surface area (Å²) in [6, 6.07) is 19.0. The molecule has 1 amide bonds. The topological polar surface area (TPSA) is 72.9 Å². The van der Waals surface area contributed by atoms with Crippen molar-refractivity contribution >= 4 is 21.4 Å². The number of hydrogen-bond acceptors (Lipinski definition) is 5. The fraction of sp³-hybridized carbons (Fsp3) is 0.269. The number of benzene rings is 3. The Balaban J connectivity index is 1.38. The van der Waals surface area contributed by atoms with Crippen molar-refractivity contribution < 1.29 is 27.1 Å². The van der Waals surface area contributed by atoms with Gasteiger partial charge in [0.25, 0.3) is 5.91 Å². The van der Waals surface area contributed by atoms with Crippen molar-refractivity contribution in [1.29, 1.82) is 0 Å². The molecule has 1 aliphatic rings. The highest BCUT2D eigenvalue weighted by Gasteiger charge is 2.34. The number of carbonyl (C=O) groups excluding carboxylic acids is 1. The van der Waals surface area contributed by atoms with E-state index in [-0.39, 0.29) is 24.1 Å². The van der Waals surface area contributed by atoms with Crippen molar-refractivity contribution in [3.05, 3.63) is 78.1 Å². The van der Waals surface area contributed by atoms with Gasteiger partial charge in [-0.15, -0.1) is 0 Å². The van der Waals surface area contributed by atoms with Gasteiger partial charge in [-0.3, -0.25) is 4.79 Å². The Bertz CT molecular complexity index is 1290. The van der Waals surface area contributed by atoms with Crippen LogP contribution in [0.15, 0.2) is 66.7 Å². The maximum absolute atomic E-state index is 13.5. The highest BCUT2D eigenvalue weighted by atomic mass is 32.2. The summed E-state index contributed by atoms with van der Waals surface area (Å²) in [7, 11) is -3.09. The Kier molecular flexibility index (Phi) is 6.88. The minimum atomic E-state index is -3.09. The first kappa shape index (κ1) is 23.8. The van der Waals surface area contributed by atoms with Gasteiger partial charge in [0.05, 0.1) is 5.75 Å². The molecule has 3 aromatic rings. The molecule has 0 radical (unpaired) electrons. The first-order valence-electron chi connectivity index (χ1n) is 10.9. The molecule has 0 bridgehead atoms. The number of carbonyl (C=O) groups is 1. The van der Waals surface area contributed by atoms with Crippen LogP contribution in [-0.2, 0) is 14.6 Å². The molecule has 1 fully saturated rings. The average molecular weight is 484 g/mol. The van der Waals surface area contributed by atoms with Crippen LogP contribution in [0.3, 0.4) is 0 Å². The third kappa shape index (κ3) is 5.75. The van der Waals surface area contributed by atoms with E-state index in [2.05, 4.69) is 0 Å². The molecule has 6 nitrogen and oxygen atoms in total. The van der Waals surface area contributed by atoms with E-state index in [9.17, 15) is 17.6 Å². The normalized spacial score (nSPS) is 16.0. The van der Waals surface area contributed by atoms with E-state index in [0.29, 0.717) is 24.5 Å². The zero-order valence-corrected chi connectivity index (χ0v) is 19.8. The van der Waals surface area contributed by atoms with Crippen LogP contribution in [0.5, 0.6) is 11.5 Å². The van der Waals surface area contributed by atoms with E-state index in [1.54, 1.807) is 35.2 Å². The second-order valence-electron chi connectivity index (χ2n) is 8.35. The minimum absolute atomic E-state index is 0.0545. The molecule has 0 saturated carbocycles. The van der Waals surface area contributed by atoms with Gasteiger partial charge in [-0.1, -0.05) is 24.3 Å². The molecule has 0 spiro atoms. The minimum Gasteiger partial charge on any atom is -0.492 e. The largest absolute Gasteiger partial charge is 0.492 e. The standard InChI is InChI=1S/C26H26FNO5S/c1-18-16-22(8-11-24(18)32-14-15-34(2,30)31)28-13-12-25(26(28)29)33-23-9-6-19(7-10-23)20-4-3-5-21(27)17-20/h3-11,16-17,25H,12-15H2,1-2H3. The Morgan fingerprint density at radius 1 is 1.03 bits per heavy atom. The van der Waals surface area contributed by atoms with Crippen molar-refractivity contribution in [2.75, 3.05) is 30.1 Å². The van der Waals surface area contributed by atoms with Gasteiger partial charge in [0.1, 0.15) is 23.9 Å². The summed E-state index contributed by atoms with van der Waals surface area (Å²) in [5.74, 6) is 0.690. The molecule has 1 atom stereocenters. The van der Waals surface area contributed by atoms with E-state index in [1.807, 2.05) is 31.2 Å². The van der Waals surface area contributed by atoms with E-state index >= 15 is 0 Å². The van der Waals surface area contributed by atoms with Gasteiger partial charge in [-0.2, -0.15) is 0 Å². The van der Waals surface area contributed by atoms with Gasteiger partial charge in [-0.25, -0.2) is 12.8 Å². The molecular weight excluding hydrogens is 457 g/mol. The molecule has 0 aromatic heterocycles. The first-order valence-corrected chi connectivity index (χ1v) is 13.0. The van der Waals surface area contributed by atoms with Crippen molar-refractivity contribution in [2.45, 2.75) is 19.4 Å². The predicted molar refractivity (Wildman–Crippen MR) is 130 cm³/mol. The molecule has 4 rings (SSSR count). The van der Waals surface area contributed by atoms with Crippen LogP contribution < -0.4 is 14.4 Å². The molecule has 178 valence electrons. The van der Waals surface area contributed by atoms with E-state index in [0.717, 1.165) is 22.4 Å². The molecule has 0 aliphatic carbocycles. The van der Waals surface area contributed by atoms with Crippen LogP contribution in [-0.4, -0.2) is 45.6 Å². The van der Waals surface area contributed by atoms with Crippen molar-refractivity contribution in [3.8, 4) is 22.6 Å². The van der Waals surface area contributed by atoms with Crippen LogP contribution in [0.2, 0.25) is 0 Å². The summed E-state index contributed by atoms with van der Waals surface area (Å²) in [6.45, 7) is 2.46. The smallest absolute Gasteiger partial charge is 0.268 e. The zero-order chi connectivity index (χ0) is 24.3. The highest BCUT2D eigenvalue weighted by molar-refractivity contribution is 7.90. The highest BCUT2D eigenvalue weighted by Crippen LogP contribution is 2.30. The number of ether oxygens (including phenoxy) is 2. The van der Waals surface area contributed by atoms with Crippen LogP contribution in [0.1, 0.15) is 12.0 Å². The number of anilines is 1. The lowest BCUT2D eigenvalue weighted by molar-refractivity contribution is -0.122. The molecule has 0 N–H and O–H groups in total. The maximum atomic E-state index is 13.5. The molecule has 34 heavy (non-hydrogen) atoms. The lowest BCUT2D eigenvalue weighted by Crippen LogP contribution is -2.32. The quantitative estimate of drug-likeness (QED) is 0.475. The second kappa shape index (κ2) is 9.85. The number of halogens is 1. The van der Waals surface area contributed by atoms with Crippen LogP contribution in [0.25, 0.3) is 11.1 Å². The fourth-order valence-corrected chi connectivity index (χ4v) is 4.23. The maximum Gasteiger partial charge on any atom is 0.268 e. The number of nitrogens with zero attached hydrogens (tertiary/aromatic N) is 1. The summed E-state index contributed by atoms with van der Waals surface area (Å²) >= 11 is 0. The summed E-state index contributed by atoms with van der Waals surface area (Å²) in [6.07, 6.45) is 1.13. The molecule has 1 unspecified atom stereocenters. The molecule has 1 saturated heterocycles. The van der Waals surface area contributed by atoms with Gasteiger partial charge in [-0.05, 0) is 66.1 Å². The Morgan fingerprint density at radius 2 is 1.79 bits per heavy atom. The van der Waals surface area contributed by atoms with Crippen molar-refractivity contribution in [2.24, 2.45) is 0 Å². The number of amides is 1. The van der Waals surface area contributed by atoms with Crippen molar-refractivity contribution in [1.82, 2.24) is 0 Å². The van der Waals surface area contributed by atoms with Crippen molar-refractivity contribution in [3.63, 3.8) is 0 Å². The summed E-state index contributed by atoms with van der Waals surface area (Å²) < 4.78 is 47.5. The number of rotatable bonds is 8. The average Bonchev–Trinajstić information content (AvgIpc) is 3.14. The monoisotopic (exact) mass is 483 g/mol. The van der Waals surface area contributed by atoms with Crippen LogP contribution in [0.4, 0.5) is 10.1 Å². The predicted octanol–water partition coefficient (Wildman–Crippen LogP) is 4.41. The lowest BCUT2D eigenvalue weighted by atomic mass is 10.1. The second-order valence-corrected chi connectivity index (χ2v) is 10.6. The van der Waals surface area contributed by atoms with Gasteiger partial charge in [0, 0.05) is 24.9 Å². The Labute approximate surface area is 198 Å². The number of aryl methyl sites for hydroxylation is 1. The fourth-order valence-electron chi connectivity index (χ4n) is 3.84. The lowest BCUT2D eigenvalue weighted by Gasteiger charge is -2.19. The van der Waals surface area contributed by atoms with E-state index in [1.165, 1.54) is 18.4 Å². The molecule has 1 heterocycles. The van der Waals surface area contributed by atoms with Gasteiger partial charge in [0.15, 0.2) is 15.9 Å². The van der Waals surface area contributed by atoms with E-state index < -0.39 is 15.9 Å². The molecule has 3 aromatic carbocycles. The summed E-state index contributed by atoms with van der Waals surface area (Å²) in [4.78, 5) is 14.7. The van der Waals surface area contributed by atoms with Crippen LogP contribution >= 0.6 is 0 Å². The summed E-state index contributed by atoms with van der Waals surface area (Å²) in [5, 5.41) is 0. The Hall–Kier alpha value is -3.39. The van der Waals surface area contributed by atoms with Crippen LogP contribution in [0, 0.1) is 12.7 Å². The zero-order valence-electron chi connectivity index (χ0n) is 19.0. The first-order chi connectivity index (χ1) is 16.2. The van der Waals surface area contributed by atoms with Gasteiger partial charge >= 0.3 is 0 Å². The number of sulfone groups is 1. The van der Waals surface area contributed by atoms with Gasteiger partial charge in [0.2, 0.25) is 0 Å². The third-order valence-corrected chi connectivity index (χ3v) is 6.54. The molecule has 8 heteroatoms. The third-order valence-electron chi connectivity index (χ3n) is 5.63. The molecule has 1 aliphatic heterocycles. The SMILES string of the molecule is Cc1cc(N2CCC(Oc3ccc(-c4cccc(F)c4)cc3)C2=O)ccc1OCCS(C)(=O)=O. The number of hydrogen-bond donors (Lipinski definition) is 0. The molecular formula is C26H26FNO5S. The Morgan fingerprint density at radius 3 is 2.47 bits per heavy atom.